The molecule has 0 aliphatic rings. The van der Waals surface area contributed by atoms with Crippen molar-refractivity contribution in [2.75, 3.05) is 0 Å². The number of hydrogen-bond donors (Lipinski definition) is 0. The van der Waals surface area contributed by atoms with Crippen LogP contribution < -0.4 is 0 Å². The summed E-state index contributed by atoms with van der Waals surface area (Å²) in [6.07, 6.45) is 3.52. The van der Waals surface area contributed by atoms with Gasteiger partial charge in [-0.05, 0) is 52.3 Å². The molecular formula is C23H32. The van der Waals surface area contributed by atoms with Crippen LogP contribution in [-0.4, -0.2) is 0 Å². The van der Waals surface area contributed by atoms with Gasteiger partial charge in [0.05, 0.1) is 0 Å². The predicted molar refractivity (Wildman–Crippen MR) is 102 cm³/mol. The number of hydrogen-bond acceptors (Lipinski definition) is 0. The molecule has 0 heteroatoms. The van der Waals surface area contributed by atoms with Crippen molar-refractivity contribution in [2.24, 2.45) is 0 Å². The molecule has 0 bridgehead atoms. The molecule has 0 saturated carbocycles. The van der Waals surface area contributed by atoms with E-state index in [0.29, 0.717) is 0 Å². The van der Waals surface area contributed by atoms with E-state index < -0.39 is 0 Å². The van der Waals surface area contributed by atoms with Gasteiger partial charge in [0.1, 0.15) is 0 Å². The smallest absolute Gasteiger partial charge is 0.0126 e. The predicted octanol–water partition coefficient (Wildman–Crippen LogP) is 6.46. The molecule has 0 radical (unpaired) electrons. The van der Waals surface area contributed by atoms with Gasteiger partial charge in [-0.15, -0.1) is 0 Å². The van der Waals surface area contributed by atoms with Crippen molar-refractivity contribution >= 4 is 0 Å². The number of benzene rings is 2. The van der Waals surface area contributed by atoms with Gasteiger partial charge in [0.2, 0.25) is 0 Å². The Morgan fingerprint density at radius 1 is 0.652 bits per heavy atom. The van der Waals surface area contributed by atoms with Gasteiger partial charge in [0.25, 0.3) is 0 Å². The van der Waals surface area contributed by atoms with Crippen molar-refractivity contribution in [2.45, 2.75) is 71.6 Å². The zero-order chi connectivity index (χ0) is 17.1. The summed E-state index contributed by atoms with van der Waals surface area (Å²) in [4.78, 5) is 0. The van der Waals surface area contributed by atoms with Crippen LogP contribution in [-0.2, 0) is 23.7 Å². The van der Waals surface area contributed by atoms with E-state index in [-0.39, 0.29) is 10.8 Å². The molecule has 0 fully saturated rings. The van der Waals surface area contributed by atoms with Crippen LogP contribution in [0.25, 0.3) is 0 Å². The molecule has 0 aromatic heterocycles. The molecule has 0 aliphatic heterocycles. The van der Waals surface area contributed by atoms with E-state index in [1.165, 1.54) is 23.1 Å². The summed E-state index contributed by atoms with van der Waals surface area (Å²) in [5, 5.41) is 0. The average molecular weight is 309 g/mol. The van der Waals surface area contributed by atoms with Crippen LogP contribution in [0.15, 0.2) is 48.5 Å². The van der Waals surface area contributed by atoms with Gasteiger partial charge in [0, 0.05) is 0 Å². The molecule has 124 valence electrons. The maximum Gasteiger partial charge on any atom is -0.0126 e. The lowest BCUT2D eigenvalue weighted by Crippen LogP contribution is -2.24. The molecule has 0 saturated heterocycles. The van der Waals surface area contributed by atoms with Crippen molar-refractivity contribution in [3.8, 4) is 0 Å². The van der Waals surface area contributed by atoms with Gasteiger partial charge in [-0.1, -0.05) is 90.1 Å². The fraction of sp³-hybridized carbons (Fsp3) is 0.478. The monoisotopic (exact) mass is 308 g/mol. The summed E-state index contributed by atoms with van der Waals surface area (Å²) in [5.74, 6) is 0. The average Bonchev–Trinajstić information content (AvgIpc) is 2.46. The van der Waals surface area contributed by atoms with Crippen LogP contribution in [0.2, 0.25) is 0 Å². The molecule has 0 atom stereocenters. The first kappa shape index (κ1) is 17.8. The number of rotatable bonds is 4. The lowest BCUT2D eigenvalue weighted by atomic mass is 9.72. The first-order chi connectivity index (χ1) is 10.7. The SMILES string of the molecule is CC(C)(C)c1cccc(CCCc2ccccc2)c1C(C)(C)C. The highest BCUT2D eigenvalue weighted by atomic mass is 14.3. The molecule has 0 spiro atoms. The fourth-order valence-corrected chi connectivity index (χ4v) is 3.45. The molecule has 0 unspecified atom stereocenters. The molecule has 0 aliphatic carbocycles. The zero-order valence-corrected chi connectivity index (χ0v) is 15.7. The van der Waals surface area contributed by atoms with Gasteiger partial charge < -0.3 is 0 Å². The Labute approximate surface area is 143 Å². The van der Waals surface area contributed by atoms with E-state index in [9.17, 15) is 0 Å². The third kappa shape index (κ3) is 4.70. The van der Waals surface area contributed by atoms with Gasteiger partial charge in [-0.2, -0.15) is 0 Å². The largest absolute Gasteiger partial charge is 0.0622 e. The van der Waals surface area contributed by atoms with Crippen molar-refractivity contribution in [3.05, 3.63) is 70.8 Å². The molecule has 0 N–H and O–H groups in total. The first-order valence-corrected chi connectivity index (χ1v) is 8.86. The van der Waals surface area contributed by atoms with Crippen LogP contribution in [0.5, 0.6) is 0 Å². The molecule has 0 nitrogen and oxygen atoms in total. The molecule has 23 heavy (non-hydrogen) atoms. The second kappa shape index (κ2) is 6.91. The van der Waals surface area contributed by atoms with Crippen molar-refractivity contribution in [1.82, 2.24) is 0 Å². The topological polar surface area (TPSA) is 0 Å². The van der Waals surface area contributed by atoms with Gasteiger partial charge in [0.15, 0.2) is 0 Å². The Kier molecular flexibility index (Phi) is 5.34. The molecule has 0 heterocycles. The highest BCUT2D eigenvalue weighted by Gasteiger charge is 2.27. The van der Waals surface area contributed by atoms with E-state index in [2.05, 4.69) is 90.1 Å². The van der Waals surface area contributed by atoms with E-state index in [4.69, 9.17) is 0 Å². The Balaban J connectivity index is 2.24. The van der Waals surface area contributed by atoms with Crippen LogP contribution in [0.4, 0.5) is 0 Å². The summed E-state index contributed by atoms with van der Waals surface area (Å²) in [7, 11) is 0. The van der Waals surface area contributed by atoms with Crippen LogP contribution >= 0.6 is 0 Å². The maximum absolute atomic E-state index is 2.35. The third-order valence-corrected chi connectivity index (χ3v) is 4.46. The minimum atomic E-state index is 0.186. The van der Waals surface area contributed by atoms with Gasteiger partial charge in [-0.3, -0.25) is 0 Å². The molecular weight excluding hydrogens is 276 g/mol. The van der Waals surface area contributed by atoms with Crippen molar-refractivity contribution in [1.29, 1.82) is 0 Å². The highest BCUT2D eigenvalue weighted by Crippen LogP contribution is 2.36. The third-order valence-electron chi connectivity index (χ3n) is 4.46. The van der Waals surface area contributed by atoms with Gasteiger partial charge >= 0.3 is 0 Å². The minimum Gasteiger partial charge on any atom is -0.0622 e. The normalized spacial score (nSPS) is 12.4. The summed E-state index contributed by atoms with van der Waals surface area (Å²) >= 11 is 0. The lowest BCUT2D eigenvalue weighted by Gasteiger charge is -2.32. The Morgan fingerprint density at radius 2 is 1.30 bits per heavy atom. The highest BCUT2D eigenvalue weighted by molar-refractivity contribution is 5.43. The summed E-state index contributed by atoms with van der Waals surface area (Å²) in [6, 6.07) is 17.7. The van der Waals surface area contributed by atoms with E-state index in [1.807, 2.05) is 0 Å². The van der Waals surface area contributed by atoms with Crippen molar-refractivity contribution < 1.29 is 0 Å². The van der Waals surface area contributed by atoms with Crippen LogP contribution in [0.3, 0.4) is 0 Å². The Bertz CT molecular complexity index is 621. The first-order valence-electron chi connectivity index (χ1n) is 8.86. The van der Waals surface area contributed by atoms with Crippen LogP contribution in [0, 0.1) is 0 Å². The molecule has 0 amide bonds. The van der Waals surface area contributed by atoms with Crippen molar-refractivity contribution in [3.63, 3.8) is 0 Å². The molecule has 2 aromatic carbocycles. The lowest BCUT2D eigenvalue weighted by molar-refractivity contribution is 0.523. The minimum absolute atomic E-state index is 0.186. The Hall–Kier alpha value is -1.56. The zero-order valence-electron chi connectivity index (χ0n) is 15.7. The van der Waals surface area contributed by atoms with Gasteiger partial charge in [-0.25, -0.2) is 0 Å². The van der Waals surface area contributed by atoms with E-state index in [1.54, 1.807) is 5.56 Å². The molecule has 2 aromatic rings. The standard InChI is InChI=1S/C23H32/c1-22(2,3)20-17-11-16-19(21(20)23(4,5)6)15-10-14-18-12-8-7-9-13-18/h7-9,11-13,16-17H,10,14-15H2,1-6H3. The second-order valence-corrected chi connectivity index (χ2v) is 8.68. The van der Waals surface area contributed by atoms with Crippen LogP contribution in [0.1, 0.15) is 70.2 Å². The van der Waals surface area contributed by atoms with E-state index >= 15 is 0 Å². The fourth-order valence-electron chi connectivity index (χ4n) is 3.45. The quantitative estimate of drug-likeness (QED) is 0.608. The Morgan fingerprint density at radius 3 is 1.87 bits per heavy atom. The van der Waals surface area contributed by atoms with E-state index in [0.717, 1.165) is 12.8 Å². The summed E-state index contributed by atoms with van der Waals surface area (Å²) < 4.78 is 0. The summed E-state index contributed by atoms with van der Waals surface area (Å²) in [6.45, 7) is 14.0. The second-order valence-electron chi connectivity index (χ2n) is 8.68. The molecule has 2 rings (SSSR count). The summed E-state index contributed by atoms with van der Waals surface area (Å²) in [5.41, 5.74) is 6.41. The maximum atomic E-state index is 2.35. The number of aryl methyl sites for hydroxylation is 2.